The normalized spacial score (nSPS) is 10.9. The molecule has 148 valence electrons. The van der Waals surface area contributed by atoms with Gasteiger partial charge in [-0.25, -0.2) is 0 Å². The summed E-state index contributed by atoms with van der Waals surface area (Å²) in [6.45, 7) is -2.81. The number of hydrogen-bond acceptors (Lipinski definition) is 4. The van der Waals surface area contributed by atoms with Gasteiger partial charge in [-0.15, -0.1) is 0 Å². The van der Waals surface area contributed by atoms with Gasteiger partial charge in [-0.2, -0.15) is 8.78 Å². The molecule has 0 aromatic heterocycles. The van der Waals surface area contributed by atoms with Crippen molar-refractivity contribution in [2.45, 2.75) is 13.2 Å². The van der Waals surface area contributed by atoms with Gasteiger partial charge >= 0.3 is 6.61 Å². The average Bonchev–Trinajstić information content (AvgIpc) is 2.73. The quantitative estimate of drug-likeness (QED) is 0.426. The number of carbonyl (C=O) groups is 1. The van der Waals surface area contributed by atoms with E-state index in [-0.39, 0.29) is 18.3 Å². The van der Waals surface area contributed by atoms with Gasteiger partial charge in [0.1, 0.15) is 12.4 Å². The second-order valence-corrected chi connectivity index (χ2v) is 5.94. The maximum Gasteiger partial charge on any atom is 0.387 e. The predicted octanol–water partition coefficient (Wildman–Crippen LogP) is 5.09. The molecule has 0 aliphatic rings. The summed E-state index contributed by atoms with van der Waals surface area (Å²) in [4.78, 5) is 17.6. The number of hydrogen-bond donors (Lipinski definition) is 1. The van der Waals surface area contributed by atoms with E-state index >= 15 is 0 Å². The van der Waals surface area contributed by atoms with Gasteiger partial charge in [-0.3, -0.25) is 4.79 Å². The first-order chi connectivity index (χ1) is 14.1. The second-order valence-electron chi connectivity index (χ2n) is 5.94. The van der Waals surface area contributed by atoms with Gasteiger partial charge in [0.05, 0.1) is 6.21 Å². The molecule has 0 aliphatic heterocycles. The van der Waals surface area contributed by atoms with Crippen LogP contribution in [0.1, 0.15) is 21.5 Å². The first-order valence-electron chi connectivity index (χ1n) is 8.76. The third-order valence-corrected chi connectivity index (χ3v) is 3.85. The van der Waals surface area contributed by atoms with Crippen LogP contribution in [0.25, 0.3) is 0 Å². The molecule has 0 saturated heterocycles. The highest BCUT2D eigenvalue weighted by Crippen LogP contribution is 2.18. The van der Waals surface area contributed by atoms with Gasteiger partial charge in [0, 0.05) is 16.8 Å². The lowest BCUT2D eigenvalue weighted by molar-refractivity contribution is -0.0499. The van der Waals surface area contributed by atoms with Crippen molar-refractivity contribution in [3.05, 3.63) is 95.6 Å². The summed E-state index contributed by atoms with van der Waals surface area (Å²) >= 11 is 0. The Balaban J connectivity index is 1.59. The molecule has 5 nitrogen and oxygen atoms in total. The van der Waals surface area contributed by atoms with Gasteiger partial charge in [0.2, 0.25) is 0 Å². The SMILES string of the molecule is O=C(Nc1ccccc1)c1cccc(CO/N=C/c2ccccc2OC(F)F)c1. The molecule has 0 atom stereocenters. The van der Waals surface area contributed by atoms with Crippen molar-refractivity contribution in [1.29, 1.82) is 0 Å². The molecule has 0 bridgehead atoms. The molecule has 0 saturated carbocycles. The number of halogens is 2. The summed E-state index contributed by atoms with van der Waals surface area (Å²) in [5, 5.41) is 6.61. The van der Waals surface area contributed by atoms with Crippen LogP contribution in [0.15, 0.2) is 84.0 Å². The fourth-order valence-electron chi connectivity index (χ4n) is 2.52. The van der Waals surface area contributed by atoms with E-state index in [0.717, 1.165) is 5.56 Å². The average molecular weight is 396 g/mol. The highest BCUT2D eigenvalue weighted by atomic mass is 19.3. The van der Waals surface area contributed by atoms with E-state index in [1.807, 2.05) is 18.2 Å². The van der Waals surface area contributed by atoms with Gasteiger partial charge < -0.3 is 14.9 Å². The van der Waals surface area contributed by atoms with Gasteiger partial charge in [0.25, 0.3) is 5.91 Å². The molecule has 0 radical (unpaired) electrons. The Morgan fingerprint density at radius 3 is 2.55 bits per heavy atom. The summed E-state index contributed by atoms with van der Waals surface area (Å²) in [7, 11) is 0. The Morgan fingerprint density at radius 2 is 1.76 bits per heavy atom. The Labute approximate surface area is 166 Å². The lowest BCUT2D eigenvalue weighted by Gasteiger charge is -2.07. The fraction of sp³-hybridized carbons (Fsp3) is 0.0909. The van der Waals surface area contributed by atoms with Gasteiger partial charge in [-0.05, 0) is 42.0 Å². The van der Waals surface area contributed by atoms with Gasteiger partial charge in [0.15, 0.2) is 0 Å². The van der Waals surface area contributed by atoms with Crippen LogP contribution < -0.4 is 10.1 Å². The maximum atomic E-state index is 12.4. The zero-order valence-electron chi connectivity index (χ0n) is 15.3. The number of anilines is 1. The van der Waals surface area contributed by atoms with Crippen molar-refractivity contribution in [1.82, 2.24) is 0 Å². The number of nitrogens with one attached hydrogen (secondary N) is 1. The molecule has 3 aromatic carbocycles. The summed E-state index contributed by atoms with van der Waals surface area (Å²) in [6, 6.07) is 22.3. The molecule has 1 N–H and O–H groups in total. The fourth-order valence-corrected chi connectivity index (χ4v) is 2.52. The molecule has 0 spiro atoms. The first kappa shape index (κ1) is 20.0. The van der Waals surface area contributed by atoms with E-state index in [2.05, 4.69) is 15.2 Å². The summed E-state index contributed by atoms with van der Waals surface area (Å²) in [5.41, 5.74) is 2.28. The molecule has 3 rings (SSSR count). The van der Waals surface area contributed by atoms with Crippen molar-refractivity contribution in [3.63, 3.8) is 0 Å². The zero-order valence-corrected chi connectivity index (χ0v) is 15.3. The standard InChI is InChI=1S/C22H18F2N2O3/c23-22(24)29-20-12-5-4-8-18(20)14-25-28-15-16-7-6-9-17(13-16)21(27)26-19-10-2-1-3-11-19/h1-14,22H,15H2,(H,26,27)/b25-14+. The van der Waals surface area contributed by atoms with Crippen LogP contribution in [0.5, 0.6) is 5.75 Å². The number of alkyl halides is 2. The molecule has 0 aliphatic carbocycles. The molecule has 7 heteroatoms. The number of amides is 1. The molecular formula is C22H18F2N2O3. The largest absolute Gasteiger partial charge is 0.434 e. The highest BCUT2D eigenvalue weighted by molar-refractivity contribution is 6.04. The lowest BCUT2D eigenvalue weighted by Crippen LogP contribution is -2.12. The topological polar surface area (TPSA) is 59.9 Å². The van der Waals surface area contributed by atoms with Crippen molar-refractivity contribution in [2.24, 2.45) is 5.16 Å². The minimum Gasteiger partial charge on any atom is -0.434 e. The number of oxime groups is 1. The Kier molecular flexibility index (Phi) is 6.89. The summed E-state index contributed by atoms with van der Waals surface area (Å²) in [6.07, 6.45) is 1.30. The number of ether oxygens (including phenoxy) is 1. The highest BCUT2D eigenvalue weighted by Gasteiger charge is 2.08. The molecule has 29 heavy (non-hydrogen) atoms. The first-order valence-corrected chi connectivity index (χ1v) is 8.76. The van der Waals surface area contributed by atoms with Crippen LogP contribution in [0.4, 0.5) is 14.5 Å². The van der Waals surface area contributed by atoms with Crippen LogP contribution in [0.3, 0.4) is 0 Å². The van der Waals surface area contributed by atoms with Crippen molar-refractivity contribution >= 4 is 17.8 Å². The number of benzene rings is 3. The third kappa shape index (κ3) is 6.14. The zero-order chi connectivity index (χ0) is 20.5. The second kappa shape index (κ2) is 9.98. The molecular weight excluding hydrogens is 378 g/mol. The minimum absolute atomic E-state index is 0.00873. The van der Waals surface area contributed by atoms with E-state index < -0.39 is 6.61 Å². The monoisotopic (exact) mass is 396 g/mol. The maximum absolute atomic E-state index is 12.4. The minimum atomic E-state index is -2.92. The van der Waals surface area contributed by atoms with Crippen molar-refractivity contribution < 1.29 is 23.1 Å². The smallest absolute Gasteiger partial charge is 0.387 e. The number of nitrogens with zero attached hydrogens (tertiary/aromatic N) is 1. The van der Waals surface area contributed by atoms with E-state index in [4.69, 9.17) is 4.84 Å². The summed E-state index contributed by atoms with van der Waals surface area (Å²) in [5.74, 6) is -0.228. The predicted molar refractivity (Wildman–Crippen MR) is 106 cm³/mol. The van der Waals surface area contributed by atoms with E-state index in [0.29, 0.717) is 16.8 Å². The van der Waals surface area contributed by atoms with E-state index in [1.165, 1.54) is 12.3 Å². The number of rotatable bonds is 8. The van der Waals surface area contributed by atoms with Crippen molar-refractivity contribution in [2.75, 3.05) is 5.32 Å². The van der Waals surface area contributed by atoms with Crippen molar-refractivity contribution in [3.8, 4) is 5.75 Å². The van der Waals surface area contributed by atoms with E-state index in [9.17, 15) is 13.6 Å². The van der Waals surface area contributed by atoms with Crippen LogP contribution in [-0.4, -0.2) is 18.7 Å². The number of carbonyl (C=O) groups excluding carboxylic acids is 1. The number of para-hydroxylation sites is 2. The lowest BCUT2D eigenvalue weighted by atomic mass is 10.1. The van der Waals surface area contributed by atoms with Crippen LogP contribution in [-0.2, 0) is 11.4 Å². The van der Waals surface area contributed by atoms with Crippen LogP contribution in [0, 0.1) is 0 Å². The molecule has 0 fully saturated rings. The molecule has 0 heterocycles. The molecule has 0 unspecified atom stereocenters. The van der Waals surface area contributed by atoms with E-state index in [1.54, 1.807) is 54.6 Å². The summed E-state index contributed by atoms with van der Waals surface area (Å²) < 4.78 is 29.3. The Morgan fingerprint density at radius 1 is 1.00 bits per heavy atom. The Hall–Kier alpha value is -3.74. The molecule has 3 aromatic rings. The molecule has 1 amide bonds. The Bertz CT molecular complexity index is 979. The van der Waals surface area contributed by atoms with Crippen LogP contribution in [0.2, 0.25) is 0 Å². The third-order valence-electron chi connectivity index (χ3n) is 3.85. The van der Waals surface area contributed by atoms with Gasteiger partial charge in [-0.1, -0.05) is 47.6 Å². The van der Waals surface area contributed by atoms with Crippen LogP contribution >= 0.6 is 0 Å².